The molecule has 0 aromatic carbocycles. The number of nitrogens with one attached hydrogen (secondary N) is 1. The molecule has 8 heteroatoms. The molecule has 3 aromatic rings. The number of aromatic nitrogens is 5. The van der Waals surface area contributed by atoms with Crippen LogP contribution in [-0.4, -0.2) is 61.9 Å². The highest BCUT2D eigenvalue weighted by atomic mass is 16.2. The van der Waals surface area contributed by atoms with E-state index in [2.05, 4.69) is 36.9 Å². The van der Waals surface area contributed by atoms with Crippen molar-refractivity contribution in [2.24, 2.45) is 0 Å². The number of hydrogen-bond acceptors (Lipinski definition) is 6. The van der Waals surface area contributed by atoms with Crippen LogP contribution in [0.5, 0.6) is 0 Å². The van der Waals surface area contributed by atoms with Gasteiger partial charge in [-0.2, -0.15) is 0 Å². The maximum atomic E-state index is 12.6. The van der Waals surface area contributed by atoms with Gasteiger partial charge in [-0.15, -0.1) is 0 Å². The number of fused-ring (bicyclic) bond motifs is 1. The molecule has 26 heavy (non-hydrogen) atoms. The van der Waals surface area contributed by atoms with Crippen molar-refractivity contribution in [2.45, 2.75) is 25.8 Å². The van der Waals surface area contributed by atoms with Gasteiger partial charge in [0, 0.05) is 38.6 Å². The SMILES string of the molecule is Cc1cncc(C(=O)N2CCC(N(C)c3ncnc4[nH]ccc34)CC2)n1. The van der Waals surface area contributed by atoms with Crippen LogP contribution in [0, 0.1) is 6.92 Å². The minimum atomic E-state index is -0.0441. The summed E-state index contributed by atoms with van der Waals surface area (Å²) < 4.78 is 0. The van der Waals surface area contributed by atoms with Crippen LogP contribution in [0.15, 0.2) is 31.0 Å². The monoisotopic (exact) mass is 351 g/mol. The molecule has 4 rings (SSSR count). The van der Waals surface area contributed by atoms with Crippen LogP contribution >= 0.6 is 0 Å². The number of aryl methyl sites for hydroxylation is 1. The number of carbonyl (C=O) groups is 1. The average Bonchev–Trinajstić information content (AvgIpc) is 3.16. The van der Waals surface area contributed by atoms with Crippen LogP contribution in [0.3, 0.4) is 0 Å². The quantitative estimate of drug-likeness (QED) is 0.774. The lowest BCUT2D eigenvalue weighted by molar-refractivity contribution is 0.0706. The number of rotatable bonds is 3. The van der Waals surface area contributed by atoms with E-state index in [1.807, 2.05) is 24.1 Å². The summed E-state index contributed by atoms with van der Waals surface area (Å²) in [5.41, 5.74) is 2.01. The lowest BCUT2D eigenvalue weighted by Crippen LogP contribution is -2.46. The number of aromatic amines is 1. The Hall–Kier alpha value is -3.03. The summed E-state index contributed by atoms with van der Waals surface area (Å²) in [6, 6.07) is 2.33. The van der Waals surface area contributed by atoms with Crippen molar-refractivity contribution >= 4 is 22.8 Å². The van der Waals surface area contributed by atoms with Gasteiger partial charge in [0.15, 0.2) is 0 Å². The number of likely N-dealkylation sites (tertiary alicyclic amines) is 1. The summed E-state index contributed by atoms with van der Waals surface area (Å²) in [4.78, 5) is 36.9. The first-order valence-corrected chi connectivity index (χ1v) is 8.72. The maximum absolute atomic E-state index is 12.6. The number of H-pyrrole nitrogens is 1. The molecule has 0 unspecified atom stereocenters. The Bertz CT molecular complexity index is 930. The molecular formula is C18H21N7O. The van der Waals surface area contributed by atoms with Crippen molar-refractivity contribution < 1.29 is 4.79 Å². The smallest absolute Gasteiger partial charge is 0.274 e. The standard InChI is InChI=1S/C18H21N7O/c1-12-9-19-10-15(23-12)18(26)25-7-4-13(5-8-25)24(2)17-14-3-6-20-16(14)21-11-22-17/h3,6,9-11,13H,4-5,7-8H2,1-2H3,(H,20,21,22). The van der Waals surface area contributed by atoms with Gasteiger partial charge in [-0.25, -0.2) is 15.0 Å². The molecule has 1 aliphatic heterocycles. The van der Waals surface area contributed by atoms with E-state index in [-0.39, 0.29) is 5.91 Å². The Balaban J connectivity index is 1.45. The zero-order valence-corrected chi connectivity index (χ0v) is 14.9. The second-order valence-corrected chi connectivity index (χ2v) is 6.62. The molecule has 0 saturated carbocycles. The van der Waals surface area contributed by atoms with E-state index in [0.717, 1.165) is 35.4 Å². The second kappa shape index (κ2) is 6.70. The molecule has 3 aromatic heterocycles. The first kappa shape index (κ1) is 16.4. The zero-order chi connectivity index (χ0) is 18.1. The van der Waals surface area contributed by atoms with Gasteiger partial charge in [0.25, 0.3) is 5.91 Å². The highest BCUT2D eigenvalue weighted by Gasteiger charge is 2.28. The van der Waals surface area contributed by atoms with Crippen LogP contribution in [0.2, 0.25) is 0 Å². The van der Waals surface area contributed by atoms with Crippen LogP contribution in [-0.2, 0) is 0 Å². The van der Waals surface area contributed by atoms with Crippen LogP contribution in [0.25, 0.3) is 11.0 Å². The maximum Gasteiger partial charge on any atom is 0.274 e. The fourth-order valence-corrected chi connectivity index (χ4v) is 3.50. The molecule has 1 fully saturated rings. The van der Waals surface area contributed by atoms with Crippen molar-refractivity contribution in [2.75, 3.05) is 25.0 Å². The Kier molecular flexibility index (Phi) is 4.24. The first-order valence-electron chi connectivity index (χ1n) is 8.72. The molecule has 134 valence electrons. The van der Waals surface area contributed by atoms with Gasteiger partial charge in [0.1, 0.15) is 23.5 Å². The molecule has 0 bridgehead atoms. The minimum absolute atomic E-state index is 0.0441. The fraction of sp³-hybridized carbons (Fsp3) is 0.389. The zero-order valence-electron chi connectivity index (χ0n) is 14.9. The molecule has 0 spiro atoms. The third-order valence-electron chi connectivity index (χ3n) is 4.94. The summed E-state index contributed by atoms with van der Waals surface area (Å²) in [5, 5.41) is 1.02. The number of hydrogen-bond donors (Lipinski definition) is 1. The molecule has 1 aliphatic rings. The summed E-state index contributed by atoms with van der Waals surface area (Å²) >= 11 is 0. The first-order chi connectivity index (χ1) is 12.6. The number of carbonyl (C=O) groups excluding carboxylic acids is 1. The molecule has 0 atom stereocenters. The fourth-order valence-electron chi connectivity index (χ4n) is 3.50. The third-order valence-corrected chi connectivity index (χ3v) is 4.94. The van der Waals surface area contributed by atoms with Gasteiger partial charge >= 0.3 is 0 Å². The number of amides is 1. The van der Waals surface area contributed by atoms with E-state index in [1.54, 1.807) is 12.5 Å². The van der Waals surface area contributed by atoms with E-state index in [1.165, 1.54) is 6.20 Å². The largest absolute Gasteiger partial charge is 0.356 e. The molecule has 4 heterocycles. The Morgan fingerprint density at radius 3 is 2.85 bits per heavy atom. The van der Waals surface area contributed by atoms with E-state index < -0.39 is 0 Å². The molecule has 1 amide bonds. The molecule has 8 nitrogen and oxygen atoms in total. The van der Waals surface area contributed by atoms with E-state index >= 15 is 0 Å². The van der Waals surface area contributed by atoms with Crippen LogP contribution in [0.1, 0.15) is 29.0 Å². The average molecular weight is 351 g/mol. The predicted molar refractivity (Wildman–Crippen MR) is 98.0 cm³/mol. The Labute approximate surface area is 151 Å². The van der Waals surface area contributed by atoms with Crippen molar-refractivity contribution in [3.63, 3.8) is 0 Å². The van der Waals surface area contributed by atoms with E-state index in [4.69, 9.17) is 0 Å². The van der Waals surface area contributed by atoms with Gasteiger partial charge < -0.3 is 14.8 Å². The van der Waals surface area contributed by atoms with Gasteiger partial charge in [0.2, 0.25) is 0 Å². The third kappa shape index (κ3) is 2.98. The van der Waals surface area contributed by atoms with Gasteiger partial charge in [-0.05, 0) is 25.8 Å². The minimum Gasteiger partial charge on any atom is -0.356 e. The normalized spacial score (nSPS) is 15.4. The number of nitrogens with zero attached hydrogens (tertiary/aromatic N) is 6. The van der Waals surface area contributed by atoms with Crippen molar-refractivity contribution in [1.29, 1.82) is 0 Å². The highest BCUT2D eigenvalue weighted by Crippen LogP contribution is 2.26. The number of piperidine rings is 1. The van der Waals surface area contributed by atoms with Crippen molar-refractivity contribution in [3.05, 3.63) is 42.4 Å². The van der Waals surface area contributed by atoms with Crippen LogP contribution < -0.4 is 4.90 Å². The summed E-state index contributed by atoms with van der Waals surface area (Å²) in [7, 11) is 2.06. The predicted octanol–water partition coefficient (Wildman–Crippen LogP) is 1.80. The molecular weight excluding hydrogens is 330 g/mol. The van der Waals surface area contributed by atoms with E-state index in [9.17, 15) is 4.79 Å². The molecule has 1 saturated heterocycles. The molecule has 0 radical (unpaired) electrons. The second-order valence-electron chi connectivity index (χ2n) is 6.62. The van der Waals surface area contributed by atoms with E-state index in [0.29, 0.717) is 24.8 Å². The summed E-state index contributed by atoms with van der Waals surface area (Å²) in [5.74, 6) is 0.878. The molecule has 1 N–H and O–H groups in total. The summed E-state index contributed by atoms with van der Waals surface area (Å²) in [6.07, 6.45) is 8.42. The highest BCUT2D eigenvalue weighted by molar-refractivity contribution is 5.92. The lowest BCUT2D eigenvalue weighted by Gasteiger charge is -2.37. The van der Waals surface area contributed by atoms with Gasteiger partial charge in [-0.3, -0.25) is 9.78 Å². The van der Waals surface area contributed by atoms with Crippen molar-refractivity contribution in [3.8, 4) is 0 Å². The van der Waals surface area contributed by atoms with Gasteiger partial charge in [0.05, 0.1) is 17.3 Å². The summed E-state index contributed by atoms with van der Waals surface area (Å²) in [6.45, 7) is 3.24. The Morgan fingerprint density at radius 1 is 1.27 bits per heavy atom. The number of anilines is 1. The van der Waals surface area contributed by atoms with Crippen LogP contribution in [0.4, 0.5) is 5.82 Å². The molecule has 0 aliphatic carbocycles. The van der Waals surface area contributed by atoms with Gasteiger partial charge in [-0.1, -0.05) is 0 Å². The Morgan fingerprint density at radius 2 is 2.08 bits per heavy atom. The van der Waals surface area contributed by atoms with Crippen molar-refractivity contribution in [1.82, 2.24) is 29.8 Å². The lowest BCUT2D eigenvalue weighted by atomic mass is 10.0. The topological polar surface area (TPSA) is 90.9 Å².